The number of nitrogens with zero attached hydrogens (tertiary/aromatic N) is 3. The molecule has 33 heavy (non-hydrogen) atoms. The molecule has 2 aliphatic rings. The highest BCUT2D eigenvalue weighted by Gasteiger charge is 2.30. The van der Waals surface area contributed by atoms with E-state index in [-0.39, 0.29) is 22.9 Å². The van der Waals surface area contributed by atoms with Crippen molar-refractivity contribution in [2.75, 3.05) is 44.6 Å². The second-order valence-corrected chi connectivity index (χ2v) is 11.6. The Morgan fingerprint density at radius 2 is 1.52 bits per heavy atom. The number of amides is 2. The van der Waals surface area contributed by atoms with Crippen molar-refractivity contribution in [2.45, 2.75) is 63.5 Å². The molecule has 1 N–H and O–H groups in total. The fourth-order valence-corrected chi connectivity index (χ4v) is 5.51. The van der Waals surface area contributed by atoms with Crippen molar-refractivity contribution < 1.29 is 22.7 Å². The summed E-state index contributed by atoms with van der Waals surface area (Å²) in [6.45, 7) is 10.6. The summed E-state index contributed by atoms with van der Waals surface area (Å²) in [5.41, 5.74) is 0.0150. The molecule has 1 aromatic rings. The van der Waals surface area contributed by atoms with Gasteiger partial charge in [-0.3, -0.25) is 9.69 Å². The Hall–Kier alpha value is -2.17. The van der Waals surface area contributed by atoms with E-state index in [9.17, 15) is 18.0 Å². The molecular formula is C23H36N4O5S. The van der Waals surface area contributed by atoms with Crippen molar-refractivity contribution in [1.82, 2.24) is 14.1 Å². The van der Waals surface area contributed by atoms with Crippen LogP contribution in [0.5, 0.6) is 0 Å². The Morgan fingerprint density at radius 1 is 0.939 bits per heavy atom. The zero-order chi connectivity index (χ0) is 24.2. The standard InChI is InChI=1S/C23H36N4O5S/c1-18(25-14-16-26(17-15-25)22(29)32-23(2,3)4)21(28)24-19-8-10-20(11-9-19)33(30,31)27-12-6-5-7-13-27/h8-11,18H,5-7,12-17H2,1-4H3,(H,24,28)/t18-/m1/s1. The first-order chi connectivity index (χ1) is 15.5. The summed E-state index contributed by atoms with van der Waals surface area (Å²) >= 11 is 0. The van der Waals surface area contributed by atoms with Gasteiger partial charge < -0.3 is 15.0 Å². The molecule has 2 amide bonds. The summed E-state index contributed by atoms with van der Waals surface area (Å²) in [6.07, 6.45) is 2.50. The van der Waals surface area contributed by atoms with Crippen LogP contribution in [-0.2, 0) is 19.6 Å². The molecule has 2 saturated heterocycles. The molecule has 0 bridgehead atoms. The SMILES string of the molecule is C[C@H](C(=O)Nc1ccc(S(=O)(=O)N2CCCCC2)cc1)N1CCN(C(=O)OC(C)(C)C)CC1. The van der Waals surface area contributed by atoms with Gasteiger partial charge in [0.25, 0.3) is 0 Å². The Kier molecular flexibility index (Phi) is 8.02. The van der Waals surface area contributed by atoms with Crippen molar-refractivity contribution in [3.05, 3.63) is 24.3 Å². The number of piperazine rings is 1. The lowest BCUT2D eigenvalue weighted by molar-refractivity contribution is -0.121. The van der Waals surface area contributed by atoms with Crippen LogP contribution >= 0.6 is 0 Å². The minimum Gasteiger partial charge on any atom is -0.444 e. The summed E-state index contributed by atoms with van der Waals surface area (Å²) in [7, 11) is -3.49. The van der Waals surface area contributed by atoms with Crippen molar-refractivity contribution in [2.24, 2.45) is 0 Å². The highest BCUT2D eigenvalue weighted by atomic mass is 32.2. The van der Waals surface area contributed by atoms with E-state index in [0.717, 1.165) is 19.3 Å². The molecule has 184 valence electrons. The lowest BCUT2D eigenvalue weighted by atomic mass is 10.2. The van der Waals surface area contributed by atoms with Crippen molar-refractivity contribution in [3.8, 4) is 0 Å². The fraction of sp³-hybridized carbons (Fsp3) is 0.652. The van der Waals surface area contributed by atoms with E-state index >= 15 is 0 Å². The highest BCUT2D eigenvalue weighted by molar-refractivity contribution is 7.89. The van der Waals surface area contributed by atoms with Gasteiger partial charge in [-0.25, -0.2) is 13.2 Å². The largest absolute Gasteiger partial charge is 0.444 e. The van der Waals surface area contributed by atoms with E-state index in [4.69, 9.17) is 4.74 Å². The average Bonchev–Trinajstić information content (AvgIpc) is 2.78. The number of hydrogen-bond donors (Lipinski definition) is 1. The topological polar surface area (TPSA) is 99.3 Å². The van der Waals surface area contributed by atoms with Crippen LogP contribution in [0.4, 0.5) is 10.5 Å². The molecule has 2 heterocycles. The predicted molar refractivity (Wildman–Crippen MR) is 127 cm³/mol. The Labute approximate surface area is 197 Å². The van der Waals surface area contributed by atoms with Gasteiger partial charge in [0.15, 0.2) is 0 Å². The normalized spacial score (nSPS) is 19.7. The van der Waals surface area contributed by atoms with Gasteiger partial charge in [0.1, 0.15) is 5.60 Å². The highest BCUT2D eigenvalue weighted by Crippen LogP contribution is 2.22. The number of nitrogens with one attached hydrogen (secondary N) is 1. The van der Waals surface area contributed by atoms with E-state index in [2.05, 4.69) is 5.32 Å². The van der Waals surface area contributed by atoms with Crippen LogP contribution in [0, 0.1) is 0 Å². The third kappa shape index (κ3) is 6.68. The molecule has 2 aliphatic heterocycles. The van der Waals surface area contributed by atoms with E-state index in [1.807, 2.05) is 32.6 Å². The van der Waals surface area contributed by atoms with Gasteiger partial charge >= 0.3 is 6.09 Å². The number of carbonyl (C=O) groups is 2. The van der Waals surface area contributed by atoms with Crippen LogP contribution < -0.4 is 5.32 Å². The molecule has 0 aliphatic carbocycles. The summed E-state index contributed by atoms with van der Waals surface area (Å²) in [5.74, 6) is -0.174. The Balaban J connectivity index is 1.52. The quantitative estimate of drug-likeness (QED) is 0.696. The van der Waals surface area contributed by atoms with E-state index in [0.29, 0.717) is 45.0 Å². The molecule has 10 heteroatoms. The first-order valence-electron chi connectivity index (χ1n) is 11.6. The maximum Gasteiger partial charge on any atom is 0.410 e. The summed E-state index contributed by atoms with van der Waals surface area (Å²) in [5, 5.41) is 2.87. The zero-order valence-electron chi connectivity index (χ0n) is 20.0. The van der Waals surface area contributed by atoms with Gasteiger partial charge in [-0.2, -0.15) is 4.31 Å². The minimum absolute atomic E-state index is 0.174. The summed E-state index contributed by atoms with van der Waals surface area (Å²) in [4.78, 5) is 28.9. The maximum atomic E-state index is 12.8. The van der Waals surface area contributed by atoms with E-state index in [1.165, 1.54) is 4.31 Å². The van der Waals surface area contributed by atoms with Gasteiger partial charge in [-0.1, -0.05) is 6.42 Å². The van der Waals surface area contributed by atoms with E-state index in [1.54, 1.807) is 29.2 Å². The van der Waals surface area contributed by atoms with Crippen molar-refractivity contribution >= 4 is 27.7 Å². The zero-order valence-corrected chi connectivity index (χ0v) is 20.9. The molecule has 0 aromatic heterocycles. The molecule has 3 rings (SSSR count). The number of rotatable bonds is 5. The lowest BCUT2D eigenvalue weighted by Gasteiger charge is -2.37. The molecule has 0 spiro atoms. The molecule has 2 fully saturated rings. The third-order valence-electron chi connectivity index (χ3n) is 5.97. The molecular weight excluding hydrogens is 444 g/mol. The van der Waals surface area contributed by atoms with Crippen LogP contribution in [0.2, 0.25) is 0 Å². The van der Waals surface area contributed by atoms with Crippen molar-refractivity contribution in [3.63, 3.8) is 0 Å². The molecule has 0 saturated carbocycles. The van der Waals surface area contributed by atoms with E-state index < -0.39 is 15.6 Å². The number of anilines is 1. The number of carbonyl (C=O) groups excluding carboxylic acids is 2. The fourth-order valence-electron chi connectivity index (χ4n) is 4.00. The third-order valence-corrected chi connectivity index (χ3v) is 7.88. The number of piperidine rings is 1. The number of benzene rings is 1. The molecule has 0 unspecified atom stereocenters. The van der Waals surface area contributed by atoms with Crippen LogP contribution in [-0.4, -0.2) is 85.4 Å². The van der Waals surface area contributed by atoms with Gasteiger partial charge in [0, 0.05) is 45.0 Å². The molecule has 1 aromatic carbocycles. The molecule has 0 radical (unpaired) electrons. The smallest absolute Gasteiger partial charge is 0.410 e. The predicted octanol–water partition coefficient (Wildman–Crippen LogP) is 2.74. The maximum absolute atomic E-state index is 12.8. The monoisotopic (exact) mass is 480 g/mol. The Bertz CT molecular complexity index is 929. The number of ether oxygens (including phenoxy) is 1. The van der Waals surface area contributed by atoms with Gasteiger partial charge in [0.05, 0.1) is 10.9 Å². The van der Waals surface area contributed by atoms with Crippen LogP contribution in [0.1, 0.15) is 47.0 Å². The Morgan fingerprint density at radius 3 is 2.06 bits per heavy atom. The van der Waals surface area contributed by atoms with Crippen LogP contribution in [0.25, 0.3) is 0 Å². The van der Waals surface area contributed by atoms with Crippen molar-refractivity contribution in [1.29, 1.82) is 0 Å². The van der Waals surface area contributed by atoms with Gasteiger partial charge in [0.2, 0.25) is 15.9 Å². The lowest BCUT2D eigenvalue weighted by Crippen LogP contribution is -2.54. The average molecular weight is 481 g/mol. The molecule has 1 atom stereocenters. The van der Waals surface area contributed by atoms with Crippen LogP contribution in [0.3, 0.4) is 0 Å². The van der Waals surface area contributed by atoms with Crippen LogP contribution in [0.15, 0.2) is 29.2 Å². The first-order valence-corrected chi connectivity index (χ1v) is 13.0. The van der Waals surface area contributed by atoms with Gasteiger partial charge in [-0.15, -0.1) is 0 Å². The number of sulfonamides is 1. The summed E-state index contributed by atoms with van der Waals surface area (Å²) in [6, 6.07) is 5.96. The second-order valence-electron chi connectivity index (χ2n) is 9.66. The second kappa shape index (κ2) is 10.4. The minimum atomic E-state index is -3.49. The summed E-state index contributed by atoms with van der Waals surface area (Å²) < 4.78 is 32.5. The van der Waals surface area contributed by atoms with Gasteiger partial charge in [-0.05, 0) is 64.8 Å². The first kappa shape index (κ1) is 25.5. The molecule has 9 nitrogen and oxygen atoms in total. The number of hydrogen-bond acceptors (Lipinski definition) is 6.